The van der Waals surface area contributed by atoms with Crippen LogP contribution in [0, 0.1) is 6.92 Å². The predicted molar refractivity (Wildman–Crippen MR) is 110 cm³/mol. The number of anilines is 2. The van der Waals surface area contributed by atoms with Crippen molar-refractivity contribution in [2.45, 2.75) is 26.9 Å². The van der Waals surface area contributed by atoms with Crippen molar-refractivity contribution in [3.63, 3.8) is 0 Å². The lowest BCUT2D eigenvalue weighted by molar-refractivity contribution is 0.102. The van der Waals surface area contributed by atoms with Gasteiger partial charge in [-0.25, -0.2) is 4.98 Å². The molecule has 3 aromatic rings. The summed E-state index contributed by atoms with van der Waals surface area (Å²) in [6.07, 6.45) is 0.0810. The summed E-state index contributed by atoms with van der Waals surface area (Å²) in [6, 6.07) is 18.0. The highest BCUT2D eigenvalue weighted by Crippen LogP contribution is 2.27. The number of hydrogen-bond donors (Lipinski definition) is 2. The minimum atomic E-state index is -0.325. The van der Waals surface area contributed by atoms with Crippen LogP contribution in [-0.4, -0.2) is 17.0 Å². The Balaban J connectivity index is 1.73. The fourth-order valence-electron chi connectivity index (χ4n) is 2.62. The van der Waals surface area contributed by atoms with Gasteiger partial charge in [-0.2, -0.15) is 0 Å². The maximum Gasteiger partial charge on any atom is 0.259 e. The van der Waals surface area contributed by atoms with E-state index in [1.54, 1.807) is 30.3 Å². The van der Waals surface area contributed by atoms with Crippen LogP contribution in [0.15, 0.2) is 60.7 Å². The van der Waals surface area contributed by atoms with Gasteiger partial charge < -0.3 is 20.5 Å². The number of pyridine rings is 1. The van der Waals surface area contributed by atoms with Gasteiger partial charge in [0.25, 0.3) is 5.91 Å². The quantitative estimate of drug-likeness (QED) is 0.644. The smallest absolute Gasteiger partial charge is 0.259 e. The Bertz CT molecular complexity index is 986. The molecule has 28 heavy (non-hydrogen) atoms. The number of nitrogens with zero attached hydrogens (tertiary/aromatic N) is 1. The van der Waals surface area contributed by atoms with Crippen LogP contribution in [-0.2, 0) is 0 Å². The van der Waals surface area contributed by atoms with Gasteiger partial charge in [0.15, 0.2) is 0 Å². The van der Waals surface area contributed by atoms with E-state index in [0.717, 1.165) is 11.4 Å². The van der Waals surface area contributed by atoms with Gasteiger partial charge in [0, 0.05) is 23.5 Å². The lowest BCUT2D eigenvalue weighted by atomic mass is 10.2. The molecule has 2 aromatic carbocycles. The summed E-state index contributed by atoms with van der Waals surface area (Å²) in [5, 5.41) is 2.82. The third kappa shape index (κ3) is 5.01. The zero-order valence-corrected chi connectivity index (χ0v) is 16.1. The number of aryl methyl sites for hydroxylation is 1. The fourth-order valence-corrected chi connectivity index (χ4v) is 2.62. The molecule has 0 radical (unpaired) electrons. The number of carbonyl (C=O) groups excluding carboxylic acids is 1. The third-order valence-corrected chi connectivity index (χ3v) is 3.81. The Morgan fingerprint density at radius 1 is 1.00 bits per heavy atom. The molecule has 0 spiro atoms. The van der Waals surface area contributed by atoms with Crippen molar-refractivity contribution in [3.8, 4) is 17.2 Å². The molecule has 144 valence electrons. The molecule has 1 amide bonds. The van der Waals surface area contributed by atoms with Crippen molar-refractivity contribution in [2.24, 2.45) is 0 Å². The number of aromatic nitrogens is 1. The van der Waals surface area contributed by atoms with E-state index in [2.05, 4.69) is 10.3 Å². The first-order chi connectivity index (χ1) is 13.4. The maximum atomic E-state index is 12.5. The Morgan fingerprint density at radius 2 is 1.68 bits per heavy atom. The normalized spacial score (nSPS) is 10.6. The molecule has 3 N–H and O–H groups in total. The van der Waals surface area contributed by atoms with Gasteiger partial charge >= 0.3 is 0 Å². The van der Waals surface area contributed by atoms with Gasteiger partial charge in [0.05, 0.1) is 11.7 Å². The first-order valence-corrected chi connectivity index (χ1v) is 9.00. The first-order valence-electron chi connectivity index (χ1n) is 9.00. The zero-order chi connectivity index (χ0) is 20.1. The van der Waals surface area contributed by atoms with Gasteiger partial charge in [-0.05, 0) is 57.2 Å². The van der Waals surface area contributed by atoms with Crippen LogP contribution < -0.4 is 20.5 Å². The van der Waals surface area contributed by atoms with Crippen molar-refractivity contribution in [3.05, 3.63) is 71.9 Å². The Labute approximate surface area is 164 Å². The summed E-state index contributed by atoms with van der Waals surface area (Å²) in [6.45, 7) is 5.76. The SMILES string of the molecule is Cc1ccc(C(=O)Nc2cccc(Oc3cccc(OC(C)C)c3)c2)c(N)n1. The molecule has 6 nitrogen and oxygen atoms in total. The van der Waals surface area contributed by atoms with E-state index in [9.17, 15) is 4.79 Å². The van der Waals surface area contributed by atoms with E-state index in [4.69, 9.17) is 15.2 Å². The van der Waals surface area contributed by atoms with Crippen molar-refractivity contribution in [2.75, 3.05) is 11.1 Å². The number of rotatable bonds is 6. The molecule has 0 unspecified atom stereocenters. The molecular formula is C22H23N3O3. The van der Waals surface area contributed by atoms with Gasteiger partial charge in [-0.3, -0.25) is 4.79 Å². The standard InChI is InChI=1S/C22H23N3O3/c1-14(2)27-18-8-5-9-19(13-18)28-17-7-4-6-16(12-17)25-22(26)20-11-10-15(3)24-21(20)23/h4-14H,1-3H3,(H2,23,24)(H,25,26). The van der Waals surface area contributed by atoms with Crippen LogP contribution in [0.1, 0.15) is 29.9 Å². The number of ether oxygens (including phenoxy) is 2. The number of benzene rings is 2. The molecule has 1 heterocycles. The van der Waals surface area contributed by atoms with Gasteiger partial charge in [-0.1, -0.05) is 12.1 Å². The largest absolute Gasteiger partial charge is 0.491 e. The first kappa shape index (κ1) is 19.2. The number of hydrogen-bond acceptors (Lipinski definition) is 5. The van der Waals surface area contributed by atoms with E-state index < -0.39 is 0 Å². The number of nitrogen functional groups attached to an aromatic ring is 1. The zero-order valence-electron chi connectivity index (χ0n) is 16.1. The fraction of sp³-hybridized carbons (Fsp3) is 0.182. The van der Waals surface area contributed by atoms with Crippen LogP contribution in [0.5, 0.6) is 17.2 Å². The average molecular weight is 377 g/mol. The molecule has 6 heteroatoms. The molecule has 0 aliphatic rings. The molecule has 0 aliphatic heterocycles. The van der Waals surface area contributed by atoms with E-state index >= 15 is 0 Å². The molecule has 0 saturated carbocycles. The second-order valence-electron chi connectivity index (χ2n) is 6.61. The Kier molecular flexibility index (Phi) is 5.79. The summed E-state index contributed by atoms with van der Waals surface area (Å²) in [4.78, 5) is 16.6. The monoisotopic (exact) mass is 377 g/mol. The highest BCUT2D eigenvalue weighted by atomic mass is 16.5. The van der Waals surface area contributed by atoms with Crippen LogP contribution in [0.25, 0.3) is 0 Å². The van der Waals surface area contributed by atoms with E-state index in [1.165, 1.54) is 0 Å². The summed E-state index contributed by atoms with van der Waals surface area (Å²) in [5.74, 6) is 1.85. The molecule has 0 bridgehead atoms. The highest BCUT2D eigenvalue weighted by Gasteiger charge is 2.12. The average Bonchev–Trinajstić information content (AvgIpc) is 2.61. The van der Waals surface area contributed by atoms with Crippen molar-refractivity contribution < 1.29 is 14.3 Å². The molecule has 0 aliphatic carbocycles. The number of amides is 1. The highest BCUT2D eigenvalue weighted by molar-refractivity contribution is 6.07. The minimum absolute atomic E-state index is 0.0810. The molecular weight excluding hydrogens is 354 g/mol. The Hall–Kier alpha value is -3.54. The number of carbonyl (C=O) groups is 1. The summed E-state index contributed by atoms with van der Waals surface area (Å²) in [5.41, 5.74) is 7.53. The van der Waals surface area contributed by atoms with Crippen LogP contribution in [0.2, 0.25) is 0 Å². The minimum Gasteiger partial charge on any atom is -0.491 e. The lowest BCUT2D eigenvalue weighted by Gasteiger charge is -2.12. The van der Waals surface area contributed by atoms with Gasteiger partial charge in [0.1, 0.15) is 23.1 Å². The summed E-state index contributed by atoms with van der Waals surface area (Å²) in [7, 11) is 0. The van der Waals surface area contributed by atoms with E-state index in [1.807, 2.05) is 51.1 Å². The van der Waals surface area contributed by atoms with Crippen molar-refractivity contribution in [1.29, 1.82) is 0 Å². The van der Waals surface area contributed by atoms with Crippen LogP contribution in [0.4, 0.5) is 11.5 Å². The van der Waals surface area contributed by atoms with Crippen LogP contribution >= 0.6 is 0 Å². The molecule has 0 saturated heterocycles. The third-order valence-electron chi connectivity index (χ3n) is 3.81. The topological polar surface area (TPSA) is 86.5 Å². The maximum absolute atomic E-state index is 12.5. The van der Waals surface area contributed by atoms with Gasteiger partial charge in [-0.15, -0.1) is 0 Å². The predicted octanol–water partition coefficient (Wildman–Crippen LogP) is 4.80. The van der Waals surface area contributed by atoms with E-state index in [-0.39, 0.29) is 17.8 Å². The molecule has 1 aromatic heterocycles. The molecule has 0 atom stereocenters. The second-order valence-corrected chi connectivity index (χ2v) is 6.61. The Morgan fingerprint density at radius 3 is 2.39 bits per heavy atom. The van der Waals surface area contributed by atoms with Gasteiger partial charge in [0.2, 0.25) is 0 Å². The number of nitrogens with one attached hydrogen (secondary N) is 1. The van der Waals surface area contributed by atoms with Crippen LogP contribution in [0.3, 0.4) is 0 Å². The second kappa shape index (κ2) is 8.43. The number of nitrogens with two attached hydrogens (primary N) is 1. The lowest BCUT2D eigenvalue weighted by Crippen LogP contribution is -2.15. The van der Waals surface area contributed by atoms with Crippen molar-refractivity contribution in [1.82, 2.24) is 4.98 Å². The molecule has 0 fully saturated rings. The van der Waals surface area contributed by atoms with Crippen molar-refractivity contribution >= 4 is 17.4 Å². The summed E-state index contributed by atoms with van der Waals surface area (Å²) < 4.78 is 11.6. The summed E-state index contributed by atoms with van der Waals surface area (Å²) >= 11 is 0. The molecule has 3 rings (SSSR count). The van der Waals surface area contributed by atoms with E-state index in [0.29, 0.717) is 22.7 Å².